The number of ether oxygens (including phenoxy) is 2. The Kier molecular flexibility index (Phi) is 6.68. The SMILES string of the molecule is COc1ccc(-c2cc(C(=O)NCC[NH+](C)C)n(-c3ccc(F)cc3)n2)c(OC)c1. The Morgan fingerprint density at radius 3 is 2.47 bits per heavy atom. The number of hydrogen-bond acceptors (Lipinski definition) is 4. The predicted octanol–water partition coefficient (Wildman–Crippen LogP) is 1.57. The topological polar surface area (TPSA) is 69.8 Å². The summed E-state index contributed by atoms with van der Waals surface area (Å²) in [4.78, 5) is 14.1. The maximum atomic E-state index is 13.4. The van der Waals surface area contributed by atoms with Gasteiger partial charge in [-0.25, -0.2) is 9.07 Å². The molecule has 2 aromatic carbocycles. The average molecular weight is 413 g/mol. The third-order valence-electron chi connectivity index (χ3n) is 4.61. The van der Waals surface area contributed by atoms with Gasteiger partial charge < -0.3 is 19.7 Å². The molecule has 30 heavy (non-hydrogen) atoms. The van der Waals surface area contributed by atoms with E-state index in [-0.39, 0.29) is 11.7 Å². The highest BCUT2D eigenvalue weighted by Crippen LogP contribution is 2.33. The number of nitrogens with one attached hydrogen (secondary N) is 2. The number of carbonyl (C=O) groups excluding carboxylic acids is 1. The molecule has 0 aliphatic rings. The molecule has 2 N–H and O–H groups in total. The van der Waals surface area contributed by atoms with Crippen LogP contribution in [0.4, 0.5) is 4.39 Å². The monoisotopic (exact) mass is 413 g/mol. The number of methoxy groups -OCH3 is 2. The van der Waals surface area contributed by atoms with Crippen LogP contribution in [-0.4, -0.2) is 57.1 Å². The van der Waals surface area contributed by atoms with Gasteiger partial charge in [-0.1, -0.05) is 0 Å². The van der Waals surface area contributed by atoms with E-state index < -0.39 is 0 Å². The van der Waals surface area contributed by atoms with Gasteiger partial charge in [0, 0.05) is 11.6 Å². The zero-order chi connectivity index (χ0) is 21.7. The molecule has 0 unspecified atom stereocenters. The highest BCUT2D eigenvalue weighted by Gasteiger charge is 2.20. The molecule has 0 bridgehead atoms. The lowest BCUT2D eigenvalue weighted by Crippen LogP contribution is -3.06. The summed E-state index contributed by atoms with van der Waals surface area (Å²) in [5.74, 6) is 0.605. The molecule has 0 atom stereocenters. The second kappa shape index (κ2) is 9.41. The van der Waals surface area contributed by atoms with Crippen LogP contribution < -0.4 is 19.7 Å². The van der Waals surface area contributed by atoms with Gasteiger partial charge in [0.2, 0.25) is 0 Å². The quantitative estimate of drug-likeness (QED) is 0.588. The van der Waals surface area contributed by atoms with Crippen LogP contribution in [-0.2, 0) is 0 Å². The summed E-state index contributed by atoms with van der Waals surface area (Å²) in [6, 6.07) is 12.9. The van der Waals surface area contributed by atoms with Gasteiger partial charge in [0.25, 0.3) is 5.91 Å². The molecule has 0 aliphatic carbocycles. The lowest BCUT2D eigenvalue weighted by Gasteiger charge is -2.10. The van der Waals surface area contributed by atoms with E-state index in [1.54, 1.807) is 44.6 Å². The van der Waals surface area contributed by atoms with Crippen molar-refractivity contribution in [1.82, 2.24) is 15.1 Å². The molecular weight excluding hydrogens is 387 g/mol. The molecule has 0 fully saturated rings. The Morgan fingerprint density at radius 2 is 1.83 bits per heavy atom. The summed E-state index contributed by atoms with van der Waals surface area (Å²) in [5.41, 5.74) is 2.20. The van der Waals surface area contributed by atoms with Gasteiger partial charge >= 0.3 is 0 Å². The van der Waals surface area contributed by atoms with Crippen LogP contribution >= 0.6 is 0 Å². The van der Waals surface area contributed by atoms with Gasteiger partial charge in [-0.15, -0.1) is 0 Å². The number of carbonyl (C=O) groups is 1. The molecular formula is C22H26FN4O3+. The number of likely N-dealkylation sites (N-methyl/N-ethyl adjacent to an activating group) is 1. The molecule has 0 aliphatic heterocycles. The number of amides is 1. The van der Waals surface area contributed by atoms with E-state index in [1.165, 1.54) is 21.7 Å². The fourth-order valence-electron chi connectivity index (χ4n) is 2.98. The van der Waals surface area contributed by atoms with Crippen molar-refractivity contribution in [1.29, 1.82) is 0 Å². The van der Waals surface area contributed by atoms with Crippen LogP contribution in [0.2, 0.25) is 0 Å². The normalized spacial score (nSPS) is 10.9. The molecule has 7 nitrogen and oxygen atoms in total. The molecule has 0 saturated heterocycles. The summed E-state index contributed by atoms with van der Waals surface area (Å²) in [6.45, 7) is 1.31. The lowest BCUT2D eigenvalue weighted by atomic mass is 10.1. The van der Waals surface area contributed by atoms with E-state index in [9.17, 15) is 9.18 Å². The van der Waals surface area contributed by atoms with Crippen molar-refractivity contribution < 1.29 is 23.6 Å². The van der Waals surface area contributed by atoms with Crippen molar-refractivity contribution >= 4 is 5.91 Å². The fraction of sp³-hybridized carbons (Fsp3) is 0.273. The fourth-order valence-corrected chi connectivity index (χ4v) is 2.98. The van der Waals surface area contributed by atoms with Gasteiger partial charge in [-0.3, -0.25) is 4.79 Å². The summed E-state index contributed by atoms with van der Waals surface area (Å²) < 4.78 is 25.6. The Bertz CT molecular complexity index is 1020. The summed E-state index contributed by atoms with van der Waals surface area (Å²) >= 11 is 0. The highest BCUT2D eigenvalue weighted by molar-refractivity contribution is 5.94. The van der Waals surface area contributed by atoms with E-state index in [0.717, 1.165) is 6.54 Å². The predicted molar refractivity (Wildman–Crippen MR) is 112 cm³/mol. The van der Waals surface area contributed by atoms with Gasteiger partial charge in [-0.05, 0) is 42.5 Å². The molecule has 0 spiro atoms. The first-order valence-electron chi connectivity index (χ1n) is 9.58. The molecule has 1 aromatic heterocycles. The largest absolute Gasteiger partial charge is 0.497 e. The van der Waals surface area contributed by atoms with E-state index in [2.05, 4.69) is 10.4 Å². The van der Waals surface area contributed by atoms with E-state index in [4.69, 9.17) is 9.47 Å². The number of benzene rings is 2. The molecule has 158 valence electrons. The van der Waals surface area contributed by atoms with Crippen LogP contribution in [0.15, 0.2) is 48.5 Å². The third-order valence-corrected chi connectivity index (χ3v) is 4.61. The number of rotatable bonds is 8. The molecule has 8 heteroatoms. The van der Waals surface area contributed by atoms with Crippen molar-refractivity contribution in [3.05, 3.63) is 60.0 Å². The van der Waals surface area contributed by atoms with Crippen LogP contribution in [0.25, 0.3) is 16.9 Å². The Balaban J connectivity index is 2.04. The zero-order valence-corrected chi connectivity index (χ0v) is 17.5. The minimum absolute atomic E-state index is 0.258. The van der Waals surface area contributed by atoms with Crippen molar-refractivity contribution in [2.75, 3.05) is 41.4 Å². The standard InChI is InChI=1S/C22H25FN4O3/c1-26(2)12-11-24-22(28)20-14-19(18-10-9-17(29-3)13-21(18)30-4)25-27(20)16-7-5-15(23)6-8-16/h5-10,13-14H,11-12H2,1-4H3,(H,24,28)/p+1. The van der Waals surface area contributed by atoms with Crippen LogP contribution in [0.1, 0.15) is 10.5 Å². The van der Waals surface area contributed by atoms with Crippen LogP contribution in [0.5, 0.6) is 11.5 Å². The Hall–Kier alpha value is -3.39. The average Bonchev–Trinajstić information content (AvgIpc) is 3.18. The van der Waals surface area contributed by atoms with Gasteiger partial charge in [0.1, 0.15) is 23.0 Å². The van der Waals surface area contributed by atoms with Crippen molar-refractivity contribution in [3.8, 4) is 28.4 Å². The smallest absolute Gasteiger partial charge is 0.270 e. The summed E-state index contributed by atoms with van der Waals surface area (Å²) in [6.07, 6.45) is 0. The van der Waals surface area contributed by atoms with Crippen LogP contribution in [0.3, 0.4) is 0 Å². The number of aromatic nitrogens is 2. The molecule has 1 heterocycles. The Morgan fingerprint density at radius 1 is 1.10 bits per heavy atom. The third kappa shape index (κ3) is 4.77. The summed E-state index contributed by atoms with van der Waals surface area (Å²) in [5, 5.41) is 7.53. The molecule has 0 saturated carbocycles. The van der Waals surface area contributed by atoms with E-state index in [0.29, 0.717) is 40.7 Å². The van der Waals surface area contributed by atoms with Crippen LogP contribution in [0, 0.1) is 5.82 Å². The number of halogens is 1. The van der Waals surface area contributed by atoms with Crippen molar-refractivity contribution in [2.45, 2.75) is 0 Å². The molecule has 3 rings (SSSR count). The summed E-state index contributed by atoms with van der Waals surface area (Å²) in [7, 11) is 7.17. The highest BCUT2D eigenvalue weighted by atomic mass is 19.1. The van der Waals surface area contributed by atoms with Crippen molar-refractivity contribution in [2.24, 2.45) is 0 Å². The maximum absolute atomic E-state index is 13.4. The maximum Gasteiger partial charge on any atom is 0.270 e. The molecule has 1 amide bonds. The van der Waals surface area contributed by atoms with Gasteiger partial charge in [0.15, 0.2) is 0 Å². The van der Waals surface area contributed by atoms with E-state index >= 15 is 0 Å². The second-order valence-electron chi connectivity index (χ2n) is 7.08. The number of nitrogens with zero attached hydrogens (tertiary/aromatic N) is 2. The van der Waals surface area contributed by atoms with Crippen molar-refractivity contribution in [3.63, 3.8) is 0 Å². The Labute approximate surface area is 175 Å². The van der Waals surface area contributed by atoms with Gasteiger partial charge in [0.05, 0.1) is 52.8 Å². The lowest BCUT2D eigenvalue weighted by molar-refractivity contribution is -0.856. The minimum Gasteiger partial charge on any atom is -0.497 e. The molecule has 3 aromatic rings. The number of quaternary nitrogens is 1. The van der Waals surface area contributed by atoms with E-state index in [1.807, 2.05) is 20.2 Å². The minimum atomic E-state index is -0.358. The zero-order valence-electron chi connectivity index (χ0n) is 17.5. The first-order chi connectivity index (χ1) is 14.4. The first kappa shape index (κ1) is 21.3. The number of hydrogen-bond donors (Lipinski definition) is 2. The second-order valence-corrected chi connectivity index (χ2v) is 7.08. The first-order valence-corrected chi connectivity index (χ1v) is 9.58. The molecule has 0 radical (unpaired) electrons. The van der Waals surface area contributed by atoms with Gasteiger partial charge in [-0.2, -0.15) is 5.10 Å².